The summed E-state index contributed by atoms with van der Waals surface area (Å²) in [7, 11) is 0. The van der Waals surface area contributed by atoms with Crippen LogP contribution in [0.5, 0.6) is 0 Å². The van der Waals surface area contributed by atoms with Crippen molar-refractivity contribution in [3.8, 4) is 0 Å². The molecule has 0 saturated heterocycles. The molecule has 7 atom stereocenters. The maximum Gasteiger partial charge on any atom is 0.0616 e. The number of hydrogen-bond acceptors (Lipinski definition) is 3. The van der Waals surface area contributed by atoms with Gasteiger partial charge in [-0.3, -0.25) is 0 Å². The van der Waals surface area contributed by atoms with Gasteiger partial charge in [-0.05, 0) is 112 Å². The standard InChI is InChI=1S/C29H50O3/c1-25(2,32)18-20(30)9-8-19-12-16-29(7)22-10-11-23-26(3,4)24(31)14-15-27(23,5)21(22)13-17-28(19,29)6/h19-20,23-24,30-32H,8-18H2,1-7H3/t19-,20?,23-,24-,27+,28+,29-/m0/s1. The molecular formula is C29H50O3. The molecule has 0 aromatic carbocycles. The van der Waals surface area contributed by atoms with Crippen molar-refractivity contribution in [1.29, 1.82) is 0 Å². The van der Waals surface area contributed by atoms with E-state index in [0.29, 0.717) is 23.7 Å². The molecule has 2 saturated carbocycles. The summed E-state index contributed by atoms with van der Waals surface area (Å²) >= 11 is 0. The summed E-state index contributed by atoms with van der Waals surface area (Å²) in [6, 6.07) is 0. The van der Waals surface area contributed by atoms with E-state index < -0.39 is 11.7 Å². The van der Waals surface area contributed by atoms with Crippen molar-refractivity contribution in [1.82, 2.24) is 0 Å². The first kappa shape index (κ1) is 24.7. The lowest BCUT2D eigenvalue weighted by Crippen LogP contribution is -2.54. The third-order valence-corrected chi connectivity index (χ3v) is 11.5. The Bertz CT molecular complexity index is 761. The van der Waals surface area contributed by atoms with Crippen LogP contribution in [0.15, 0.2) is 11.1 Å². The summed E-state index contributed by atoms with van der Waals surface area (Å²) in [5.41, 5.74) is 3.61. The molecule has 2 fully saturated rings. The predicted molar refractivity (Wildman–Crippen MR) is 131 cm³/mol. The van der Waals surface area contributed by atoms with Gasteiger partial charge in [-0.25, -0.2) is 0 Å². The number of fused-ring (bicyclic) bond motifs is 4. The van der Waals surface area contributed by atoms with E-state index in [-0.39, 0.29) is 22.3 Å². The minimum absolute atomic E-state index is 0.00200. The Morgan fingerprint density at radius 3 is 2.28 bits per heavy atom. The first-order chi connectivity index (χ1) is 14.7. The third-order valence-electron chi connectivity index (χ3n) is 11.5. The lowest BCUT2D eigenvalue weighted by atomic mass is 9.43. The Hall–Kier alpha value is -0.380. The summed E-state index contributed by atoms with van der Waals surface area (Å²) in [6.07, 6.45) is 11.3. The van der Waals surface area contributed by atoms with E-state index in [9.17, 15) is 15.3 Å². The van der Waals surface area contributed by atoms with E-state index in [0.717, 1.165) is 25.7 Å². The summed E-state index contributed by atoms with van der Waals surface area (Å²) in [5, 5.41) is 31.4. The quantitative estimate of drug-likeness (QED) is 0.428. The summed E-state index contributed by atoms with van der Waals surface area (Å²) in [6.45, 7) is 15.9. The summed E-state index contributed by atoms with van der Waals surface area (Å²) < 4.78 is 0. The van der Waals surface area contributed by atoms with Crippen molar-refractivity contribution < 1.29 is 15.3 Å². The predicted octanol–water partition coefficient (Wildman–Crippen LogP) is 6.40. The zero-order valence-electron chi connectivity index (χ0n) is 21.9. The number of rotatable bonds is 5. The lowest BCUT2D eigenvalue weighted by Gasteiger charge is -2.62. The lowest BCUT2D eigenvalue weighted by molar-refractivity contribution is -0.0958. The van der Waals surface area contributed by atoms with Crippen molar-refractivity contribution in [2.75, 3.05) is 0 Å². The fourth-order valence-corrected chi connectivity index (χ4v) is 9.33. The molecule has 4 aliphatic carbocycles. The highest BCUT2D eigenvalue weighted by atomic mass is 16.3. The molecule has 4 rings (SSSR count). The molecule has 0 heterocycles. The Labute approximate surface area is 197 Å². The molecule has 1 unspecified atom stereocenters. The first-order valence-electron chi connectivity index (χ1n) is 13.5. The molecule has 3 nitrogen and oxygen atoms in total. The number of aliphatic hydroxyl groups excluding tert-OH is 2. The molecule has 0 spiro atoms. The Morgan fingerprint density at radius 2 is 1.62 bits per heavy atom. The molecule has 0 radical (unpaired) electrons. The number of allylic oxidation sites excluding steroid dienone is 2. The topological polar surface area (TPSA) is 60.7 Å². The molecule has 0 aliphatic heterocycles. The molecule has 3 heteroatoms. The van der Waals surface area contributed by atoms with Gasteiger partial charge in [0.1, 0.15) is 0 Å². The maximum absolute atomic E-state index is 10.8. The molecule has 0 amide bonds. The number of aliphatic hydroxyl groups is 3. The van der Waals surface area contributed by atoms with Crippen LogP contribution in [0.3, 0.4) is 0 Å². The summed E-state index contributed by atoms with van der Waals surface area (Å²) in [5.74, 6) is 1.24. The van der Waals surface area contributed by atoms with Gasteiger partial charge in [0.15, 0.2) is 0 Å². The summed E-state index contributed by atoms with van der Waals surface area (Å²) in [4.78, 5) is 0. The molecule has 0 aromatic heterocycles. The van der Waals surface area contributed by atoms with Crippen LogP contribution >= 0.6 is 0 Å². The Morgan fingerprint density at radius 1 is 0.938 bits per heavy atom. The van der Waals surface area contributed by atoms with E-state index in [1.807, 2.05) is 0 Å². The van der Waals surface area contributed by atoms with Crippen molar-refractivity contribution in [3.63, 3.8) is 0 Å². The fourth-order valence-electron chi connectivity index (χ4n) is 9.33. The number of hydrogen-bond donors (Lipinski definition) is 3. The molecule has 0 bridgehead atoms. The zero-order valence-corrected chi connectivity index (χ0v) is 21.9. The highest BCUT2D eigenvalue weighted by Gasteiger charge is 2.62. The van der Waals surface area contributed by atoms with E-state index in [1.54, 1.807) is 25.0 Å². The van der Waals surface area contributed by atoms with Gasteiger partial charge in [-0.15, -0.1) is 0 Å². The van der Waals surface area contributed by atoms with Crippen LogP contribution in [0.1, 0.15) is 119 Å². The molecule has 184 valence electrons. The molecule has 4 aliphatic rings. The van der Waals surface area contributed by atoms with Crippen molar-refractivity contribution in [2.24, 2.45) is 33.5 Å². The Kier molecular flexibility index (Phi) is 6.04. The second-order valence-electron chi connectivity index (χ2n) is 14.1. The average Bonchev–Trinajstić information content (AvgIpc) is 2.93. The van der Waals surface area contributed by atoms with Crippen molar-refractivity contribution in [2.45, 2.75) is 137 Å². The van der Waals surface area contributed by atoms with Gasteiger partial charge >= 0.3 is 0 Å². The second kappa shape index (κ2) is 7.82. The molecule has 0 aromatic rings. The van der Waals surface area contributed by atoms with E-state index in [4.69, 9.17) is 0 Å². The highest BCUT2D eigenvalue weighted by molar-refractivity contribution is 5.38. The van der Waals surface area contributed by atoms with Gasteiger partial charge < -0.3 is 15.3 Å². The van der Waals surface area contributed by atoms with E-state index >= 15 is 0 Å². The Balaban J connectivity index is 1.58. The SMILES string of the molecule is CC(C)(O)CC(O)CC[C@H]1CC[C@@]2(C)C3=C(CC[C@]12C)[C@@]1(C)CC[C@H](O)C(C)(C)[C@@H]1CC3. The van der Waals surface area contributed by atoms with E-state index in [1.165, 1.54) is 38.5 Å². The van der Waals surface area contributed by atoms with Gasteiger partial charge in [-0.2, -0.15) is 0 Å². The first-order valence-corrected chi connectivity index (χ1v) is 13.5. The van der Waals surface area contributed by atoms with Crippen LogP contribution < -0.4 is 0 Å². The van der Waals surface area contributed by atoms with Crippen LogP contribution in [0.25, 0.3) is 0 Å². The van der Waals surface area contributed by atoms with Crippen LogP contribution in [0.2, 0.25) is 0 Å². The normalized spacial score (nSPS) is 44.6. The minimum atomic E-state index is -0.798. The van der Waals surface area contributed by atoms with Crippen LogP contribution in [-0.4, -0.2) is 33.1 Å². The van der Waals surface area contributed by atoms with Gasteiger partial charge in [-0.1, -0.05) is 45.8 Å². The fraction of sp³-hybridized carbons (Fsp3) is 0.931. The average molecular weight is 447 g/mol. The molecule has 3 N–H and O–H groups in total. The second-order valence-corrected chi connectivity index (χ2v) is 14.1. The highest BCUT2D eigenvalue weighted by Crippen LogP contribution is 2.72. The van der Waals surface area contributed by atoms with Crippen molar-refractivity contribution >= 4 is 0 Å². The van der Waals surface area contributed by atoms with Gasteiger partial charge in [0.05, 0.1) is 17.8 Å². The van der Waals surface area contributed by atoms with Gasteiger partial charge in [0, 0.05) is 6.42 Å². The minimum Gasteiger partial charge on any atom is -0.393 e. The molecule has 32 heavy (non-hydrogen) atoms. The van der Waals surface area contributed by atoms with Crippen LogP contribution in [0.4, 0.5) is 0 Å². The van der Waals surface area contributed by atoms with Crippen molar-refractivity contribution in [3.05, 3.63) is 11.1 Å². The van der Waals surface area contributed by atoms with Gasteiger partial charge in [0.2, 0.25) is 0 Å². The zero-order chi connectivity index (χ0) is 23.7. The van der Waals surface area contributed by atoms with Gasteiger partial charge in [0.25, 0.3) is 0 Å². The maximum atomic E-state index is 10.8. The smallest absolute Gasteiger partial charge is 0.0616 e. The van der Waals surface area contributed by atoms with E-state index in [2.05, 4.69) is 34.6 Å². The molecular weight excluding hydrogens is 396 g/mol. The third kappa shape index (κ3) is 3.64. The largest absolute Gasteiger partial charge is 0.393 e. The van der Waals surface area contributed by atoms with Crippen LogP contribution in [0, 0.1) is 33.5 Å². The monoisotopic (exact) mass is 446 g/mol. The van der Waals surface area contributed by atoms with Crippen LogP contribution in [-0.2, 0) is 0 Å².